The largest absolute Gasteiger partial charge is 0.493 e. The van der Waals surface area contributed by atoms with E-state index in [2.05, 4.69) is 14.9 Å². The Bertz CT molecular complexity index is 936. The maximum Gasteiger partial charge on any atom is 0.226 e. The van der Waals surface area contributed by atoms with E-state index in [1.54, 1.807) is 0 Å². The molecule has 29 heavy (non-hydrogen) atoms. The molecule has 0 atom stereocenters. The molecule has 3 aromatic rings. The van der Waals surface area contributed by atoms with Crippen LogP contribution >= 0.6 is 0 Å². The van der Waals surface area contributed by atoms with Crippen LogP contribution < -0.4 is 10.1 Å². The molecule has 1 amide bonds. The van der Waals surface area contributed by atoms with Gasteiger partial charge in [0, 0.05) is 26.2 Å². The molecule has 6 heteroatoms. The van der Waals surface area contributed by atoms with Gasteiger partial charge in [0.25, 0.3) is 0 Å². The predicted octanol–water partition coefficient (Wildman–Crippen LogP) is 4.57. The fraction of sp³-hybridized carbons (Fsp3) is 0.391. The van der Waals surface area contributed by atoms with Gasteiger partial charge in [-0.1, -0.05) is 30.3 Å². The number of benzene rings is 2. The van der Waals surface area contributed by atoms with E-state index in [1.165, 1.54) is 0 Å². The Balaban J connectivity index is 1.55. The quantitative estimate of drug-likeness (QED) is 0.483. The zero-order chi connectivity index (χ0) is 20.5. The minimum atomic E-state index is -0.0558. The first-order chi connectivity index (χ1) is 14.2. The van der Waals surface area contributed by atoms with Gasteiger partial charge in [0.1, 0.15) is 5.75 Å². The summed E-state index contributed by atoms with van der Waals surface area (Å²) in [6.45, 7) is 6.64. The van der Waals surface area contributed by atoms with Gasteiger partial charge in [0.15, 0.2) is 0 Å². The molecule has 0 radical (unpaired) electrons. The summed E-state index contributed by atoms with van der Waals surface area (Å²) in [5.41, 5.74) is 2.99. The van der Waals surface area contributed by atoms with Crippen molar-refractivity contribution < 1.29 is 14.3 Å². The first-order valence-corrected chi connectivity index (χ1v) is 10.2. The molecule has 1 N–H and O–H groups in total. The van der Waals surface area contributed by atoms with Gasteiger partial charge in [-0.2, -0.15) is 0 Å². The van der Waals surface area contributed by atoms with Gasteiger partial charge in [-0.05, 0) is 50.5 Å². The van der Waals surface area contributed by atoms with Crippen molar-refractivity contribution in [1.29, 1.82) is 0 Å². The second-order valence-electron chi connectivity index (χ2n) is 6.89. The first-order valence-electron chi connectivity index (χ1n) is 10.2. The van der Waals surface area contributed by atoms with E-state index in [9.17, 15) is 4.79 Å². The molecule has 154 valence electrons. The third kappa shape index (κ3) is 5.81. The molecular weight excluding hydrogens is 366 g/mol. The molecule has 0 aliphatic rings. The Morgan fingerprint density at radius 2 is 1.86 bits per heavy atom. The SMILES string of the molecule is CCOCCCn1c(NC(=O)CCCOc2ccccc2C)nc2ccccc21. The van der Waals surface area contributed by atoms with Crippen LogP contribution in [0.25, 0.3) is 11.0 Å². The third-order valence-electron chi connectivity index (χ3n) is 4.68. The van der Waals surface area contributed by atoms with Crippen LogP contribution in [-0.2, 0) is 16.1 Å². The number of aromatic nitrogens is 2. The molecule has 1 heterocycles. The number of carbonyl (C=O) groups excluding carboxylic acids is 1. The number of imidazole rings is 1. The Morgan fingerprint density at radius 1 is 1.07 bits per heavy atom. The molecule has 0 aliphatic carbocycles. The Kier molecular flexibility index (Phi) is 7.64. The van der Waals surface area contributed by atoms with E-state index in [4.69, 9.17) is 9.47 Å². The zero-order valence-electron chi connectivity index (χ0n) is 17.2. The van der Waals surface area contributed by atoms with E-state index in [0.29, 0.717) is 38.6 Å². The number of amides is 1. The number of nitrogens with one attached hydrogen (secondary N) is 1. The lowest BCUT2D eigenvalue weighted by atomic mass is 10.2. The summed E-state index contributed by atoms with van der Waals surface area (Å²) in [5, 5.41) is 2.97. The number of fused-ring (bicyclic) bond motifs is 1. The maximum absolute atomic E-state index is 12.5. The number of nitrogens with zero attached hydrogens (tertiary/aromatic N) is 2. The van der Waals surface area contributed by atoms with E-state index >= 15 is 0 Å². The number of hydrogen-bond donors (Lipinski definition) is 1. The monoisotopic (exact) mass is 395 g/mol. The molecule has 1 aromatic heterocycles. The van der Waals surface area contributed by atoms with E-state index < -0.39 is 0 Å². The second kappa shape index (κ2) is 10.6. The molecule has 0 saturated carbocycles. The minimum Gasteiger partial charge on any atom is -0.493 e. The second-order valence-corrected chi connectivity index (χ2v) is 6.89. The van der Waals surface area contributed by atoms with E-state index in [0.717, 1.165) is 35.3 Å². The number of para-hydroxylation sites is 3. The number of anilines is 1. The van der Waals surface area contributed by atoms with Crippen molar-refractivity contribution in [2.45, 2.75) is 39.7 Å². The van der Waals surface area contributed by atoms with Crippen LogP contribution in [0.4, 0.5) is 5.95 Å². The Morgan fingerprint density at radius 3 is 2.69 bits per heavy atom. The summed E-state index contributed by atoms with van der Waals surface area (Å²) in [7, 11) is 0. The summed E-state index contributed by atoms with van der Waals surface area (Å²) in [5.74, 6) is 1.40. The van der Waals surface area contributed by atoms with Crippen LogP contribution in [0.15, 0.2) is 48.5 Å². The number of carbonyl (C=O) groups is 1. The normalized spacial score (nSPS) is 11.0. The van der Waals surface area contributed by atoms with Gasteiger partial charge in [-0.15, -0.1) is 0 Å². The van der Waals surface area contributed by atoms with Crippen molar-refractivity contribution in [3.05, 3.63) is 54.1 Å². The number of rotatable bonds is 11. The van der Waals surface area contributed by atoms with Gasteiger partial charge in [0.2, 0.25) is 11.9 Å². The average Bonchev–Trinajstić information content (AvgIpc) is 3.07. The van der Waals surface area contributed by atoms with E-state index in [-0.39, 0.29) is 5.91 Å². The van der Waals surface area contributed by atoms with Gasteiger partial charge in [0.05, 0.1) is 17.6 Å². The van der Waals surface area contributed by atoms with Gasteiger partial charge < -0.3 is 14.0 Å². The molecule has 0 aliphatic heterocycles. The van der Waals surface area contributed by atoms with Crippen LogP contribution in [0.1, 0.15) is 31.7 Å². The lowest BCUT2D eigenvalue weighted by molar-refractivity contribution is -0.116. The molecule has 0 saturated heterocycles. The van der Waals surface area contributed by atoms with Crippen molar-refractivity contribution in [1.82, 2.24) is 9.55 Å². The Hall–Kier alpha value is -2.86. The van der Waals surface area contributed by atoms with Crippen molar-refractivity contribution >= 4 is 22.9 Å². The fourth-order valence-electron chi connectivity index (χ4n) is 3.19. The highest BCUT2D eigenvalue weighted by atomic mass is 16.5. The Labute approximate surface area is 171 Å². The predicted molar refractivity (Wildman–Crippen MR) is 115 cm³/mol. The molecule has 0 unspecified atom stereocenters. The lowest BCUT2D eigenvalue weighted by Crippen LogP contribution is -2.17. The molecular formula is C23H29N3O3. The highest BCUT2D eigenvalue weighted by Gasteiger charge is 2.13. The van der Waals surface area contributed by atoms with Crippen LogP contribution in [0.5, 0.6) is 5.75 Å². The molecule has 6 nitrogen and oxygen atoms in total. The number of aryl methyl sites for hydroxylation is 2. The fourth-order valence-corrected chi connectivity index (χ4v) is 3.19. The summed E-state index contributed by atoms with van der Waals surface area (Å²) >= 11 is 0. The summed E-state index contributed by atoms with van der Waals surface area (Å²) in [6, 6.07) is 15.8. The van der Waals surface area contributed by atoms with Crippen molar-refractivity contribution in [3.63, 3.8) is 0 Å². The smallest absolute Gasteiger partial charge is 0.226 e. The molecule has 3 rings (SSSR count). The standard InChI is InChI=1S/C23H29N3O3/c1-3-28-16-9-15-26-20-12-6-5-11-19(20)24-23(26)25-22(27)14-8-17-29-21-13-7-4-10-18(21)2/h4-7,10-13H,3,8-9,14-17H2,1-2H3,(H,24,25,27). The third-order valence-corrected chi connectivity index (χ3v) is 4.68. The average molecular weight is 396 g/mol. The first kappa shape index (κ1) is 20.9. The topological polar surface area (TPSA) is 65.4 Å². The molecule has 0 bridgehead atoms. The lowest BCUT2D eigenvalue weighted by Gasteiger charge is -2.11. The maximum atomic E-state index is 12.5. The highest BCUT2D eigenvalue weighted by Crippen LogP contribution is 2.20. The van der Waals surface area contributed by atoms with Gasteiger partial charge in [-0.3, -0.25) is 10.1 Å². The summed E-state index contributed by atoms with van der Waals surface area (Å²) in [6.07, 6.45) is 1.89. The van der Waals surface area contributed by atoms with Crippen LogP contribution in [0.3, 0.4) is 0 Å². The minimum absolute atomic E-state index is 0.0558. The van der Waals surface area contributed by atoms with Crippen molar-refractivity contribution in [2.24, 2.45) is 0 Å². The number of hydrogen-bond acceptors (Lipinski definition) is 4. The van der Waals surface area contributed by atoms with E-state index in [1.807, 2.05) is 62.4 Å². The van der Waals surface area contributed by atoms with Crippen molar-refractivity contribution in [3.8, 4) is 5.75 Å². The summed E-state index contributed by atoms with van der Waals surface area (Å²) < 4.78 is 13.3. The zero-order valence-corrected chi connectivity index (χ0v) is 17.2. The molecule has 2 aromatic carbocycles. The van der Waals surface area contributed by atoms with Crippen LogP contribution in [0, 0.1) is 6.92 Å². The number of ether oxygens (including phenoxy) is 2. The van der Waals surface area contributed by atoms with Gasteiger partial charge >= 0.3 is 0 Å². The molecule has 0 fully saturated rings. The molecule has 0 spiro atoms. The summed E-state index contributed by atoms with van der Waals surface area (Å²) in [4.78, 5) is 17.0. The van der Waals surface area contributed by atoms with Gasteiger partial charge in [-0.25, -0.2) is 4.98 Å². The highest BCUT2D eigenvalue weighted by molar-refractivity contribution is 5.91. The van der Waals surface area contributed by atoms with Crippen molar-refractivity contribution in [2.75, 3.05) is 25.1 Å². The van der Waals surface area contributed by atoms with Crippen LogP contribution in [-0.4, -0.2) is 35.3 Å². The van der Waals surface area contributed by atoms with Crippen LogP contribution in [0.2, 0.25) is 0 Å².